The number of carbonyl (C=O) groups excluding carboxylic acids is 2. The van der Waals surface area contributed by atoms with Crippen molar-refractivity contribution < 1.29 is 9.59 Å². The van der Waals surface area contributed by atoms with Crippen LogP contribution in [-0.4, -0.2) is 35.8 Å². The number of amides is 2. The minimum absolute atomic E-state index is 0.0205. The highest BCUT2D eigenvalue weighted by Crippen LogP contribution is 2.27. The summed E-state index contributed by atoms with van der Waals surface area (Å²) >= 11 is 0. The first-order valence-corrected chi connectivity index (χ1v) is 10.8. The lowest BCUT2D eigenvalue weighted by atomic mass is 10.0. The Morgan fingerprint density at radius 3 is 2.33 bits per heavy atom. The summed E-state index contributed by atoms with van der Waals surface area (Å²) in [4.78, 5) is 27.1. The van der Waals surface area contributed by atoms with Crippen molar-refractivity contribution >= 4 is 23.2 Å². The van der Waals surface area contributed by atoms with E-state index in [2.05, 4.69) is 41.5 Å². The number of anilines is 2. The average Bonchev–Trinajstić information content (AvgIpc) is 3.53. The van der Waals surface area contributed by atoms with Gasteiger partial charge in [0, 0.05) is 30.4 Å². The number of aryl methyl sites for hydroxylation is 2. The van der Waals surface area contributed by atoms with Gasteiger partial charge in [0.05, 0.1) is 6.54 Å². The normalized spacial score (nSPS) is 13.5. The van der Waals surface area contributed by atoms with Gasteiger partial charge in [-0.2, -0.15) is 0 Å². The van der Waals surface area contributed by atoms with Crippen LogP contribution >= 0.6 is 0 Å². The van der Waals surface area contributed by atoms with E-state index in [0.717, 1.165) is 35.3 Å². The highest BCUT2D eigenvalue weighted by Gasteiger charge is 2.30. The van der Waals surface area contributed by atoms with Crippen molar-refractivity contribution in [2.45, 2.75) is 58.9 Å². The van der Waals surface area contributed by atoms with E-state index in [4.69, 9.17) is 0 Å². The second kappa shape index (κ2) is 9.90. The van der Waals surface area contributed by atoms with Crippen molar-refractivity contribution in [3.63, 3.8) is 0 Å². The molecule has 1 saturated carbocycles. The molecule has 2 N–H and O–H groups in total. The van der Waals surface area contributed by atoms with E-state index in [1.807, 2.05) is 44.2 Å². The maximum atomic E-state index is 12.6. The Morgan fingerprint density at radius 1 is 1.00 bits per heavy atom. The van der Waals surface area contributed by atoms with Gasteiger partial charge in [0.1, 0.15) is 0 Å². The smallest absolute Gasteiger partial charge is 0.238 e. The molecule has 0 spiro atoms. The molecule has 0 atom stereocenters. The monoisotopic (exact) mass is 407 g/mol. The molecule has 5 nitrogen and oxygen atoms in total. The fourth-order valence-electron chi connectivity index (χ4n) is 3.50. The van der Waals surface area contributed by atoms with Crippen molar-refractivity contribution in [1.82, 2.24) is 4.90 Å². The van der Waals surface area contributed by atoms with Crippen LogP contribution in [0.1, 0.15) is 55.7 Å². The SMILES string of the molecule is Cc1ccc(C)c(NC(=O)CN(CCC(=O)Nc2ccc(C(C)C)cc2)C2CC2)c1. The molecule has 2 aromatic rings. The van der Waals surface area contributed by atoms with Gasteiger partial charge in [0.2, 0.25) is 11.8 Å². The molecule has 0 bridgehead atoms. The standard InChI is InChI=1S/C25H33N3O2/c1-17(2)20-7-9-21(10-8-20)26-24(29)13-14-28(22-11-12-22)16-25(30)27-23-15-18(3)5-6-19(23)4/h5-10,15,17,22H,11-14,16H2,1-4H3,(H,26,29)(H,27,30). The number of nitrogens with zero attached hydrogens (tertiary/aromatic N) is 1. The third-order valence-corrected chi connectivity index (χ3v) is 5.56. The molecule has 0 aliphatic heterocycles. The zero-order valence-corrected chi connectivity index (χ0v) is 18.5. The molecule has 5 heteroatoms. The predicted octanol–water partition coefficient (Wildman–Crippen LogP) is 4.86. The number of hydrogen-bond donors (Lipinski definition) is 2. The minimum atomic E-state index is -0.0275. The quantitative estimate of drug-likeness (QED) is 0.624. The third-order valence-electron chi connectivity index (χ3n) is 5.56. The van der Waals surface area contributed by atoms with Crippen molar-refractivity contribution in [1.29, 1.82) is 0 Å². The van der Waals surface area contributed by atoms with E-state index < -0.39 is 0 Å². The van der Waals surface area contributed by atoms with E-state index in [0.29, 0.717) is 31.5 Å². The van der Waals surface area contributed by atoms with Crippen LogP contribution in [0.5, 0.6) is 0 Å². The lowest BCUT2D eigenvalue weighted by Gasteiger charge is -2.21. The summed E-state index contributed by atoms with van der Waals surface area (Å²) in [6.45, 7) is 9.20. The van der Waals surface area contributed by atoms with Crippen LogP contribution in [0.25, 0.3) is 0 Å². The number of rotatable bonds is 9. The molecule has 1 fully saturated rings. The molecule has 0 unspecified atom stereocenters. The zero-order valence-electron chi connectivity index (χ0n) is 18.5. The van der Waals surface area contributed by atoms with Crippen LogP contribution in [0.3, 0.4) is 0 Å². The first-order valence-electron chi connectivity index (χ1n) is 10.8. The minimum Gasteiger partial charge on any atom is -0.326 e. The maximum Gasteiger partial charge on any atom is 0.238 e. The van der Waals surface area contributed by atoms with Gasteiger partial charge in [-0.3, -0.25) is 14.5 Å². The molecule has 0 saturated heterocycles. The Balaban J connectivity index is 1.50. The summed E-state index contributed by atoms with van der Waals surface area (Å²) < 4.78 is 0. The van der Waals surface area contributed by atoms with E-state index in [1.54, 1.807) is 0 Å². The summed E-state index contributed by atoms with van der Waals surface area (Å²) in [6.07, 6.45) is 2.56. The molecule has 2 amide bonds. The van der Waals surface area contributed by atoms with Gasteiger partial charge in [-0.15, -0.1) is 0 Å². The number of nitrogens with one attached hydrogen (secondary N) is 2. The Morgan fingerprint density at radius 2 is 1.70 bits per heavy atom. The van der Waals surface area contributed by atoms with E-state index in [-0.39, 0.29) is 11.8 Å². The van der Waals surface area contributed by atoms with Crippen LogP contribution in [-0.2, 0) is 9.59 Å². The Kier molecular flexibility index (Phi) is 7.27. The van der Waals surface area contributed by atoms with Crippen molar-refractivity contribution in [3.05, 3.63) is 59.2 Å². The molecule has 160 valence electrons. The fourth-order valence-corrected chi connectivity index (χ4v) is 3.50. The molecule has 0 aromatic heterocycles. The third kappa shape index (κ3) is 6.42. The van der Waals surface area contributed by atoms with E-state index >= 15 is 0 Å². The highest BCUT2D eigenvalue weighted by molar-refractivity contribution is 5.93. The first kappa shape index (κ1) is 22.0. The maximum absolute atomic E-state index is 12.6. The van der Waals surface area contributed by atoms with Gasteiger partial charge in [0.15, 0.2) is 0 Å². The number of hydrogen-bond acceptors (Lipinski definition) is 3. The van der Waals surface area contributed by atoms with Crippen LogP contribution in [0.4, 0.5) is 11.4 Å². The lowest BCUT2D eigenvalue weighted by Crippen LogP contribution is -2.37. The molecular formula is C25H33N3O2. The van der Waals surface area contributed by atoms with Crippen LogP contribution in [0.2, 0.25) is 0 Å². The Hall–Kier alpha value is -2.66. The molecule has 1 aliphatic carbocycles. The number of benzene rings is 2. The Bertz CT molecular complexity index is 886. The lowest BCUT2D eigenvalue weighted by molar-refractivity contribution is -0.119. The molecule has 30 heavy (non-hydrogen) atoms. The topological polar surface area (TPSA) is 61.4 Å². The van der Waals surface area contributed by atoms with E-state index in [1.165, 1.54) is 5.56 Å². The fraction of sp³-hybridized carbons (Fsp3) is 0.440. The molecule has 0 radical (unpaired) electrons. The summed E-state index contributed by atoms with van der Waals surface area (Å²) in [7, 11) is 0. The summed E-state index contributed by atoms with van der Waals surface area (Å²) in [6, 6.07) is 14.5. The molecule has 0 heterocycles. The van der Waals surface area contributed by atoms with Crippen molar-refractivity contribution in [2.75, 3.05) is 23.7 Å². The second-order valence-electron chi connectivity index (χ2n) is 8.64. The van der Waals surface area contributed by atoms with Crippen LogP contribution < -0.4 is 10.6 Å². The predicted molar refractivity (Wildman–Crippen MR) is 123 cm³/mol. The molecule has 3 rings (SSSR count). The van der Waals surface area contributed by atoms with Crippen LogP contribution in [0, 0.1) is 13.8 Å². The second-order valence-corrected chi connectivity index (χ2v) is 8.64. The molecule has 2 aromatic carbocycles. The van der Waals surface area contributed by atoms with Gasteiger partial charge in [0.25, 0.3) is 0 Å². The van der Waals surface area contributed by atoms with Gasteiger partial charge >= 0.3 is 0 Å². The zero-order chi connectivity index (χ0) is 21.7. The van der Waals surface area contributed by atoms with Crippen molar-refractivity contribution in [2.24, 2.45) is 0 Å². The molecular weight excluding hydrogens is 374 g/mol. The summed E-state index contributed by atoms with van der Waals surface area (Å²) in [5.41, 5.74) is 5.10. The van der Waals surface area contributed by atoms with Crippen LogP contribution in [0.15, 0.2) is 42.5 Å². The van der Waals surface area contributed by atoms with Crippen molar-refractivity contribution in [3.8, 4) is 0 Å². The average molecular weight is 408 g/mol. The number of carbonyl (C=O) groups is 2. The highest BCUT2D eigenvalue weighted by atomic mass is 16.2. The summed E-state index contributed by atoms with van der Waals surface area (Å²) in [5.74, 6) is 0.421. The summed E-state index contributed by atoms with van der Waals surface area (Å²) in [5, 5.41) is 5.99. The Labute approximate surface area is 179 Å². The van der Waals surface area contributed by atoms with E-state index in [9.17, 15) is 9.59 Å². The van der Waals surface area contributed by atoms with Gasteiger partial charge in [-0.05, 0) is 67.5 Å². The molecule has 1 aliphatic rings. The first-order chi connectivity index (χ1) is 14.3. The largest absolute Gasteiger partial charge is 0.326 e. The van der Waals surface area contributed by atoms with Gasteiger partial charge in [-0.25, -0.2) is 0 Å². The van der Waals surface area contributed by atoms with Gasteiger partial charge in [-0.1, -0.05) is 38.1 Å². The van der Waals surface area contributed by atoms with Gasteiger partial charge < -0.3 is 10.6 Å².